The number of hydrogen-bond acceptors (Lipinski definition) is 7. The second-order valence-corrected chi connectivity index (χ2v) is 9.80. The van der Waals surface area contributed by atoms with Crippen LogP contribution in [0.1, 0.15) is 23.6 Å². The van der Waals surface area contributed by atoms with E-state index in [2.05, 4.69) is 0 Å². The van der Waals surface area contributed by atoms with Crippen LogP contribution < -0.4 is 4.74 Å². The first-order valence-electron chi connectivity index (χ1n) is 12.0. The van der Waals surface area contributed by atoms with Crippen molar-refractivity contribution in [2.75, 3.05) is 13.7 Å². The van der Waals surface area contributed by atoms with Crippen molar-refractivity contribution in [3.05, 3.63) is 101 Å². The normalized spacial score (nSPS) is 16.2. The molecule has 0 N–H and O–H groups in total. The molecule has 1 heterocycles. The molecule has 0 saturated heterocycles. The Morgan fingerprint density at radius 1 is 0.973 bits per heavy atom. The monoisotopic (exact) mass is 518 g/mol. The lowest BCUT2D eigenvalue weighted by Gasteiger charge is -2.35. The van der Waals surface area contributed by atoms with E-state index >= 15 is 0 Å². The van der Waals surface area contributed by atoms with Crippen molar-refractivity contribution in [2.45, 2.75) is 42.5 Å². The summed E-state index contributed by atoms with van der Waals surface area (Å²) in [6.07, 6.45) is 1.32. The second kappa shape index (κ2) is 13.2. The van der Waals surface area contributed by atoms with Crippen LogP contribution in [-0.4, -0.2) is 43.4 Å². The first-order valence-corrected chi connectivity index (χ1v) is 12.9. The number of fused-ring (bicyclic) bond motifs is 1. The zero-order valence-electron chi connectivity index (χ0n) is 20.9. The number of carbonyl (C=O) groups excluding carboxylic acids is 2. The van der Waals surface area contributed by atoms with Gasteiger partial charge < -0.3 is 18.9 Å². The number of methoxy groups -OCH3 is 1. The third kappa shape index (κ3) is 7.32. The fraction of sp³-hybridized carbons (Fsp3) is 0.267. The van der Waals surface area contributed by atoms with E-state index < -0.39 is 23.4 Å². The van der Waals surface area contributed by atoms with Crippen molar-refractivity contribution in [2.24, 2.45) is 0 Å². The highest BCUT2D eigenvalue weighted by atomic mass is 32.2. The topological polar surface area (TPSA) is 71.1 Å². The number of ether oxygens (including phenoxy) is 4. The molecule has 4 rings (SSSR count). The lowest BCUT2D eigenvalue weighted by Crippen LogP contribution is -2.44. The summed E-state index contributed by atoms with van der Waals surface area (Å²) >= 11 is 1.51. The Morgan fingerprint density at radius 2 is 1.65 bits per heavy atom. The van der Waals surface area contributed by atoms with Crippen molar-refractivity contribution >= 4 is 30.1 Å². The zero-order chi connectivity index (χ0) is 26.0. The number of aldehydes is 1. The van der Waals surface area contributed by atoms with Gasteiger partial charge >= 0.3 is 5.97 Å². The maximum atomic E-state index is 12.2. The first-order chi connectivity index (χ1) is 18.1. The summed E-state index contributed by atoms with van der Waals surface area (Å²) in [6.45, 7) is 2.14. The van der Waals surface area contributed by atoms with E-state index in [1.807, 2.05) is 84.9 Å². The third-order valence-corrected chi connectivity index (χ3v) is 7.34. The fourth-order valence-electron chi connectivity index (χ4n) is 4.13. The lowest BCUT2D eigenvalue weighted by atomic mass is 10.0. The van der Waals surface area contributed by atoms with Gasteiger partial charge in [0.2, 0.25) is 0 Å². The van der Waals surface area contributed by atoms with Crippen LogP contribution in [0.5, 0.6) is 5.75 Å². The number of carbonyl (C=O) groups is 2. The average Bonchev–Trinajstić information content (AvgIpc) is 2.93. The van der Waals surface area contributed by atoms with Crippen LogP contribution >= 0.6 is 11.8 Å². The van der Waals surface area contributed by atoms with E-state index in [1.165, 1.54) is 18.7 Å². The predicted molar refractivity (Wildman–Crippen MR) is 143 cm³/mol. The first kappa shape index (κ1) is 26.7. The smallest absolute Gasteiger partial charge is 0.303 e. The molecular formula is C30H30O6S. The van der Waals surface area contributed by atoms with Crippen molar-refractivity contribution in [1.82, 2.24) is 0 Å². The third-order valence-electron chi connectivity index (χ3n) is 5.92. The van der Waals surface area contributed by atoms with E-state index in [4.69, 9.17) is 18.9 Å². The molecule has 0 radical (unpaired) electrons. The molecule has 0 aromatic heterocycles. The van der Waals surface area contributed by atoms with Gasteiger partial charge in [-0.1, -0.05) is 60.7 Å². The Labute approximate surface area is 221 Å². The van der Waals surface area contributed by atoms with Gasteiger partial charge in [0, 0.05) is 17.4 Å². The molecule has 192 valence electrons. The van der Waals surface area contributed by atoms with Gasteiger partial charge in [-0.15, -0.1) is 11.8 Å². The number of benzene rings is 3. The molecule has 37 heavy (non-hydrogen) atoms. The number of hydrogen-bond donors (Lipinski definition) is 0. The molecule has 3 aromatic carbocycles. The van der Waals surface area contributed by atoms with Gasteiger partial charge in [0.15, 0.2) is 6.10 Å². The molecule has 3 unspecified atom stereocenters. The van der Waals surface area contributed by atoms with Gasteiger partial charge in [0.25, 0.3) is 0 Å². The molecule has 3 atom stereocenters. The van der Waals surface area contributed by atoms with Crippen molar-refractivity contribution < 1.29 is 28.5 Å². The van der Waals surface area contributed by atoms with Crippen LogP contribution in [0.2, 0.25) is 0 Å². The standard InChI is InChI=1S/C30H30O6S/c1-21(32)36-27(20-34-18-22-9-5-3-6-10-22)29(35-19-23-11-7-4-8-12-23)30-25(17-31)15-24-16-26(33-2)13-14-28(24)37-30/h3-17,27,29-30H,18-20H2,1-2H3. The molecule has 1 aliphatic rings. The van der Waals surface area contributed by atoms with E-state index in [0.29, 0.717) is 24.5 Å². The minimum atomic E-state index is -0.731. The molecular weight excluding hydrogens is 488 g/mol. The summed E-state index contributed by atoms with van der Waals surface area (Å²) in [5.74, 6) is 0.271. The van der Waals surface area contributed by atoms with Crippen LogP contribution in [0, 0.1) is 0 Å². The lowest BCUT2D eigenvalue weighted by molar-refractivity contribution is -0.161. The van der Waals surface area contributed by atoms with Gasteiger partial charge in [-0.3, -0.25) is 9.59 Å². The summed E-state index contributed by atoms with van der Waals surface area (Å²) in [5.41, 5.74) is 3.42. The minimum absolute atomic E-state index is 0.118. The highest BCUT2D eigenvalue weighted by Gasteiger charge is 2.38. The van der Waals surface area contributed by atoms with Crippen molar-refractivity contribution in [3.8, 4) is 5.75 Å². The molecule has 0 aliphatic carbocycles. The Hall–Kier alpha value is -3.39. The van der Waals surface area contributed by atoms with Crippen LogP contribution in [0.15, 0.2) is 89.3 Å². The molecule has 7 heteroatoms. The summed E-state index contributed by atoms with van der Waals surface area (Å²) in [5, 5.41) is -0.410. The van der Waals surface area contributed by atoms with Crippen molar-refractivity contribution in [1.29, 1.82) is 0 Å². The van der Waals surface area contributed by atoms with E-state index in [1.54, 1.807) is 7.11 Å². The summed E-state index contributed by atoms with van der Waals surface area (Å²) in [7, 11) is 1.61. The highest BCUT2D eigenvalue weighted by molar-refractivity contribution is 8.00. The largest absolute Gasteiger partial charge is 0.497 e. The molecule has 0 amide bonds. The zero-order valence-corrected chi connectivity index (χ0v) is 21.7. The molecule has 3 aromatic rings. The Bertz CT molecular complexity index is 1210. The second-order valence-electron chi connectivity index (χ2n) is 8.61. The van der Waals surface area contributed by atoms with Crippen LogP contribution in [0.25, 0.3) is 6.08 Å². The Morgan fingerprint density at radius 3 is 2.27 bits per heavy atom. The average molecular weight is 519 g/mol. The Balaban J connectivity index is 1.62. The van der Waals surface area contributed by atoms with Gasteiger partial charge in [0.1, 0.15) is 18.1 Å². The predicted octanol–water partition coefficient (Wildman–Crippen LogP) is 5.49. The number of rotatable bonds is 12. The number of esters is 1. The minimum Gasteiger partial charge on any atom is -0.497 e. The molecule has 1 aliphatic heterocycles. The van der Waals surface area contributed by atoms with Gasteiger partial charge in [-0.25, -0.2) is 0 Å². The maximum absolute atomic E-state index is 12.2. The fourth-order valence-corrected chi connectivity index (χ4v) is 5.45. The van der Waals surface area contributed by atoms with E-state index in [9.17, 15) is 9.59 Å². The van der Waals surface area contributed by atoms with E-state index in [0.717, 1.165) is 27.9 Å². The van der Waals surface area contributed by atoms with Gasteiger partial charge in [0.05, 0.1) is 32.2 Å². The summed E-state index contributed by atoms with van der Waals surface area (Å²) in [6, 6.07) is 25.3. The SMILES string of the molecule is COc1ccc2c(c1)C=C(C=O)C(C(OCc1ccccc1)C(COCc1ccccc1)OC(C)=O)S2. The summed E-state index contributed by atoms with van der Waals surface area (Å²) in [4.78, 5) is 25.4. The molecule has 0 bridgehead atoms. The highest BCUT2D eigenvalue weighted by Crippen LogP contribution is 2.41. The molecule has 0 spiro atoms. The van der Waals surface area contributed by atoms with Crippen LogP contribution in [0.3, 0.4) is 0 Å². The number of thioether (sulfide) groups is 1. The molecule has 6 nitrogen and oxygen atoms in total. The summed E-state index contributed by atoms with van der Waals surface area (Å²) < 4.78 is 23.5. The van der Waals surface area contributed by atoms with Gasteiger partial charge in [-0.05, 0) is 41.0 Å². The van der Waals surface area contributed by atoms with Gasteiger partial charge in [-0.2, -0.15) is 0 Å². The van der Waals surface area contributed by atoms with Crippen molar-refractivity contribution in [3.63, 3.8) is 0 Å². The van der Waals surface area contributed by atoms with Crippen LogP contribution in [-0.2, 0) is 37.0 Å². The van der Waals surface area contributed by atoms with E-state index in [-0.39, 0.29) is 6.61 Å². The van der Waals surface area contributed by atoms with Crippen LogP contribution in [0.4, 0.5) is 0 Å². The quantitative estimate of drug-likeness (QED) is 0.232. The maximum Gasteiger partial charge on any atom is 0.303 e. The Kier molecular flexibility index (Phi) is 9.54. The molecule has 0 fully saturated rings. The molecule has 0 saturated carbocycles.